The van der Waals surface area contributed by atoms with Crippen LogP contribution >= 0.6 is 0 Å². The molecule has 0 saturated heterocycles. The lowest BCUT2D eigenvalue weighted by atomic mass is 10.1. The van der Waals surface area contributed by atoms with E-state index in [0.29, 0.717) is 0 Å². The highest BCUT2D eigenvalue weighted by Gasteiger charge is 2.27. The van der Waals surface area contributed by atoms with Gasteiger partial charge in [-0.3, -0.25) is 0 Å². The van der Waals surface area contributed by atoms with E-state index in [9.17, 15) is 28.8 Å². The molecule has 0 fully saturated rings. The number of hydrogen-bond donors (Lipinski definition) is 4. The van der Waals surface area contributed by atoms with E-state index in [1.165, 1.54) is 30.5 Å². The first-order valence-corrected chi connectivity index (χ1v) is 10.1. The quantitative estimate of drug-likeness (QED) is 0.491. The van der Waals surface area contributed by atoms with Crippen LogP contribution in [0.15, 0.2) is 76.5 Å². The van der Waals surface area contributed by atoms with Crippen molar-refractivity contribution in [1.29, 1.82) is 0 Å². The standard InChI is InChI=1S/C12H10O6S.C9H12/c13-7-3-1-5-9(11(7)15)19(17,18)10-6-2-4-8(14)12(10)16;1-2-6-9-7-4-3-5-8-9/h1-6,13-16H;3-5,7-8H,2,6H2,1H3. The summed E-state index contributed by atoms with van der Waals surface area (Å²) in [5, 5.41) is 37.8. The molecule has 0 radical (unpaired) electrons. The molecule has 0 heterocycles. The van der Waals surface area contributed by atoms with Gasteiger partial charge in [0, 0.05) is 0 Å². The van der Waals surface area contributed by atoms with Crippen LogP contribution in [0, 0.1) is 0 Å². The van der Waals surface area contributed by atoms with Gasteiger partial charge in [0.2, 0.25) is 9.84 Å². The Bertz CT molecular complexity index is 973. The van der Waals surface area contributed by atoms with Crippen molar-refractivity contribution in [1.82, 2.24) is 0 Å². The maximum Gasteiger partial charge on any atom is 0.214 e. The first-order chi connectivity index (χ1) is 13.3. The number of phenolic OH excluding ortho intramolecular Hbond substituents is 4. The predicted molar refractivity (Wildman–Crippen MR) is 105 cm³/mol. The van der Waals surface area contributed by atoms with Gasteiger partial charge in [-0.15, -0.1) is 0 Å². The molecular weight excluding hydrogens is 380 g/mol. The fraction of sp³-hybridized carbons (Fsp3) is 0.143. The van der Waals surface area contributed by atoms with Crippen LogP contribution in [0.25, 0.3) is 0 Å². The van der Waals surface area contributed by atoms with E-state index in [1.807, 2.05) is 0 Å². The Labute approximate surface area is 163 Å². The monoisotopic (exact) mass is 402 g/mol. The summed E-state index contributed by atoms with van der Waals surface area (Å²) >= 11 is 0. The Kier molecular flexibility index (Phi) is 6.89. The summed E-state index contributed by atoms with van der Waals surface area (Å²) in [5.41, 5.74) is 1.44. The van der Waals surface area contributed by atoms with E-state index in [2.05, 4.69) is 37.3 Å². The summed E-state index contributed by atoms with van der Waals surface area (Å²) in [6.45, 7) is 2.20. The van der Waals surface area contributed by atoms with Crippen molar-refractivity contribution in [2.45, 2.75) is 29.6 Å². The molecule has 3 rings (SSSR count). The van der Waals surface area contributed by atoms with Crippen molar-refractivity contribution in [2.24, 2.45) is 0 Å². The molecule has 0 aliphatic rings. The average molecular weight is 402 g/mol. The number of benzene rings is 3. The third-order valence-corrected chi connectivity index (χ3v) is 5.73. The normalized spacial score (nSPS) is 10.8. The van der Waals surface area contributed by atoms with Gasteiger partial charge in [0.05, 0.1) is 0 Å². The zero-order valence-corrected chi connectivity index (χ0v) is 16.1. The Morgan fingerprint density at radius 1 is 0.679 bits per heavy atom. The van der Waals surface area contributed by atoms with Crippen molar-refractivity contribution in [3.05, 3.63) is 72.3 Å². The second-order valence-electron chi connectivity index (χ2n) is 5.99. The first-order valence-electron chi connectivity index (χ1n) is 8.60. The van der Waals surface area contributed by atoms with Crippen LogP contribution in [0.2, 0.25) is 0 Å². The predicted octanol–water partition coefficient (Wildman–Crippen LogP) is 3.98. The number of hydrogen-bond acceptors (Lipinski definition) is 6. The van der Waals surface area contributed by atoms with Gasteiger partial charge in [0.1, 0.15) is 9.79 Å². The Morgan fingerprint density at radius 2 is 1.14 bits per heavy atom. The number of phenols is 4. The summed E-state index contributed by atoms with van der Waals surface area (Å²) in [7, 11) is -4.27. The van der Waals surface area contributed by atoms with Crippen LogP contribution in [-0.4, -0.2) is 28.8 Å². The summed E-state index contributed by atoms with van der Waals surface area (Å²) in [6, 6.07) is 17.4. The van der Waals surface area contributed by atoms with Crippen molar-refractivity contribution in [3.8, 4) is 23.0 Å². The summed E-state index contributed by atoms with van der Waals surface area (Å²) in [4.78, 5) is -1.12. The maximum absolute atomic E-state index is 12.2. The van der Waals surface area contributed by atoms with Gasteiger partial charge in [-0.25, -0.2) is 8.42 Å². The molecule has 3 aromatic carbocycles. The third-order valence-electron chi connectivity index (χ3n) is 3.92. The SMILES string of the molecule is CCCc1ccccc1.O=S(=O)(c1cccc(O)c1O)c1cccc(O)c1O. The van der Waals surface area contributed by atoms with Crippen LogP contribution in [0.1, 0.15) is 18.9 Å². The lowest BCUT2D eigenvalue weighted by Gasteiger charge is -2.09. The molecule has 0 atom stereocenters. The minimum Gasteiger partial charge on any atom is -0.504 e. The van der Waals surface area contributed by atoms with Gasteiger partial charge in [-0.2, -0.15) is 0 Å². The molecule has 0 aliphatic carbocycles. The number of rotatable bonds is 4. The molecule has 148 valence electrons. The Morgan fingerprint density at radius 3 is 1.57 bits per heavy atom. The van der Waals surface area contributed by atoms with E-state index in [-0.39, 0.29) is 0 Å². The zero-order valence-electron chi connectivity index (χ0n) is 15.3. The summed E-state index contributed by atoms with van der Waals surface area (Å²) < 4.78 is 24.5. The Balaban J connectivity index is 0.000000261. The second kappa shape index (κ2) is 9.14. The van der Waals surface area contributed by atoms with E-state index in [0.717, 1.165) is 24.3 Å². The van der Waals surface area contributed by atoms with Crippen LogP contribution in [-0.2, 0) is 16.3 Å². The largest absolute Gasteiger partial charge is 0.504 e. The molecule has 0 spiro atoms. The highest BCUT2D eigenvalue weighted by molar-refractivity contribution is 7.91. The molecule has 0 unspecified atom stereocenters. The van der Waals surface area contributed by atoms with Crippen molar-refractivity contribution in [2.75, 3.05) is 0 Å². The van der Waals surface area contributed by atoms with Gasteiger partial charge in [0.25, 0.3) is 0 Å². The zero-order chi connectivity index (χ0) is 20.7. The Hall–Kier alpha value is -3.19. The van der Waals surface area contributed by atoms with Crippen molar-refractivity contribution >= 4 is 9.84 Å². The molecule has 0 bridgehead atoms. The third kappa shape index (κ3) is 4.75. The molecule has 0 amide bonds. The van der Waals surface area contributed by atoms with Gasteiger partial charge < -0.3 is 20.4 Å². The number of sulfone groups is 1. The lowest BCUT2D eigenvalue weighted by molar-refractivity contribution is 0.389. The number of para-hydroxylation sites is 2. The van der Waals surface area contributed by atoms with Crippen LogP contribution in [0.3, 0.4) is 0 Å². The fourth-order valence-electron chi connectivity index (χ4n) is 2.51. The van der Waals surface area contributed by atoms with E-state index in [4.69, 9.17) is 0 Å². The van der Waals surface area contributed by atoms with Crippen LogP contribution < -0.4 is 0 Å². The maximum atomic E-state index is 12.2. The van der Waals surface area contributed by atoms with E-state index < -0.39 is 42.6 Å². The van der Waals surface area contributed by atoms with Gasteiger partial charge in [-0.05, 0) is 36.2 Å². The summed E-state index contributed by atoms with van der Waals surface area (Å²) in [5.74, 6) is -2.82. The highest BCUT2D eigenvalue weighted by Crippen LogP contribution is 2.40. The minimum absolute atomic E-state index is 0.562. The lowest BCUT2D eigenvalue weighted by Crippen LogP contribution is -2.02. The van der Waals surface area contributed by atoms with Crippen molar-refractivity contribution in [3.63, 3.8) is 0 Å². The number of aromatic hydroxyl groups is 4. The summed E-state index contributed by atoms with van der Waals surface area (Å²) in [6.07, 6.45) is 2.45. The molecule has 4 N–H and O–H groups in total. The first kappa shape index (κ1) is 21.1. The van der Waals surface area contributed by atoms with Crippen molar-refractivity contribution < 1.29 is 28.8 Å². The van der Waals surface area contributed by atoms with Crippen LogP contribution in [0.5, 0.6) is 23.0 Å². The highest BCUT2D eigenvalue weighted by atomic mass is 32.2. The fourth-order valence-corrected chi connectivity index (χ4v) is 3.98. The molecule has 0 saturated carbocycles. The van der Waals surface area contributed by atoms with Gasteiger partial charge in [0.15, 0.2) is 23.0 Å². The van der Waals surface area contributed by atoms with Gasteiger partial charge >= 0.3 is 0 Å². The number of aryl methyl sites for hydroxylation is 1. The minimum atomic E-state index is -4.27. The molecule has 3 aromatic rings. The van der Waals surface area contributed by atoms with E-state index in [1.54, 1.807) is 0 Å². The molecule has 0 aromatic heterocycles. The topological polar surface area (TPSA) is 115 Å². The molecular formula is C21H22O6S. The second-order valence-corrected chi connectivity index (χ2v) is 7.87. The molecule has 0 aliphatic heterocycles. The molecule has 7 heteroatoms. The average Bonchev–Trinajstić information content (AvgIpc) is 2.67. The van der Waals surface area contributed by atoms with Crippen LogP contribution in [0.4, 0.5) is 0 Å². The molecule has 6 nitrogen and oxygen atoms in total. The smallest absolute Gasteiger partial charge is 0.214 e. The van der Waals surface area contributed by atoms with E-state index >= 15 is 0 Å². The van der Waals surface area contributed by atoms with Gasteiger partial charge in [-0.1, -0.05) is 55.8 Å². The molecule has 28 heavy (non-hydrogen) atoms.